The maximum atomic E-state index is 13.2. The summed E-state index contributed by atoms with van der Waals surface area (Å²) in [6.45, 7) is 2.46. The SMILES string of the molecule is CC(C)(O/N=C(\C(=O)N[C@@H]1C(=O)N2C(C(=O)O)=C(C=Cc3ccc(O)c(O)c3)CS[C@H]12)c1csc(N)n1)C(=O)O. The normalized spacial score (nSPS) is 19.3. The Balaban J connectivity index is 1.55. The maximum absolute atomic E-state index is 13.2. The number of nitrogen functional groups attached to an aromatic ring is 1. The van der Waals surface area contributed by atoms with Gasteiger partial charge in [-0.2, -0.15) is 0 Å². The van der Waals surface area contributed by atoms with Gasteiger partial charge in [-0.25, -0.2) is 14.6 Å². The smallest absolute Gasteiger partial charge is 0.352 e. The van der Waals surface area contributed by atoms with Crippen LogP contribution >= 0.6 is 23.1 Å². The van der Waals surface area contributed by atoms with Crippen molar-refractivity contribution in [3.63, 3.8) is 0 Å². The number of β-lactam (4-membered cyclic amide) rings is 1. The van der Waals surface area contributed by atoms with Crippen molar-refractivity contribution >= 4 is 63.8 Å². The number of nitrogens with zero attached hydrogens (tertiary/aromatic N) is 3. The molecule has 1 aromatic carbocycles. The van der Waals surface area contributed by atoms with Gasteiger partial charge in [0, 0.05) is 11.1 Å². The third-order valence-corrected chi connectivity index (χ3v) is 7.80. The second kappa shape index (κ2) is 10.9. The van der Waals surface area contributed by atoms with Crippen LogP contribution in [0.3, 0.4) is 0 Å². The quantitative estimate of drug-likeness (QED) is 0.105. The second-order valence-electron chi connectivity index (χ2n) is 9.04. The summed E-state index contributed by atoms with van der Waals surface area (Å²) >= 11 is 2.22. The number of carboxylic acids is 2. The van der Waals surface area contributed by atoms with E-state index in [1.165, 1.54) is 61.3 Å². The Morgan fingerprint density at radius 1 is 1.23 bits per heavy atom. The van der Waals surface area contributed by atoms with Gasteiger partial charge in [0.25, 0.3) is 11.8 Å². The molecule has 0 saturated carbocycles. The molecule has 7 N–H and O–H groups in total. The molecule has 2 atom stereocenters. The number of rotatable bonds is 9. The first kappa shape index (κ1) is 28.4. The van der Waals surface area contributed by atoms with Crippen LogP contribution in [0.4, 0.5) is 5.13 Å². The van der Waals surface area contributed by atoms with Crippen molar-refractivity contribution in [2.45, 2.75) is 30.9 Å². The molecule has 40 heavy (non-hydrogen) atoms. The molecule has 1 saturated heterocycles. The van der Waals surface area contributed by atoms with Gasteiger partial charge in [0.15, 0.2) is 22.3 Å². The van der Waals surface area contributed by atoms with E-state index in [2.05, 4.69) is 15.5 Å². The number of aromatic hydroxyl groups is 2. The van der Waals surface area contributed by atoms with E-state index < -0.39 is 46.5 Å². The molecule has 0 aliphatic carbocycles. The Labute approximate surface area is 234 Å². The summed E-state index contributed by atoms with van der Waals surface area (Å²) in [5.74, 6) is -4.73. The summed E-state index contributed by atoms with van der Waals surface area (Å²) in [6.07, 6.45) is 3.03. The van der Waals surface area contributed by atoms with Crippen molar-refractivity contribution in [1.29, 1.82) is 0 Å². The van der Waals surface area contributed by atoms with Crippen molar-refractivity contribution in [2.24, 2.45) is 5.16 Å². The van der Waals surface area contributed by atoms with Crippen molar-refractivity contribution in [1.82, 2.24) is 15.2 Å². The van der Waals surface area contributed by atoms with Crippen molar-refractivity contribution in [2.75, 3.05) is 11.5 Å². The van der Waals surface area contributed by atoms with Crippen LogP contribution in [0.25, 0.3) is 6.08 Å². The number of carboxylic acid groups (broad SMARTS) is 2. The largest absolute Gasteiger partial charge is 0.504 e. The number of carbonyl (C=O) groups excluding carboxylic acids is 2. The van der Waals surface area contributed by atoms with Gasteiger partial charge < -0.3 is 36.3 Å². The molecule has 210 valence electrons. The number of anilines is 1. The molecular weight excluding hydrogens is 566 g/mol. The highest BCUT2D eigenvalue weighted by molar-refractivity contribution is 8.00. The summed E-state index contributed by atoms with van der Waals surface area (Å²) in [5.41, 5.74) is 4.02. The van der Waals surface area contributed by atoms with Crippen molar-refractivity contribution in [3.8, 4) is 11.5 Å². The molecule has 0 bridgehead atoms. The molecule has 14 nitrogen and oxygen atoms in total. The maximum Gasteiger partial charge on any atom is 0.352 e. The number of hydrogen-bond donors (Lipinski definition) is 6. The lowest BCUT2D eigenvalue weighted by Crippen LogP contribution is -2.71. The van der Waals surface area contributed by atoms with Gasteiger partial charge in [-0.05, 0) is 37.1 Å². The summed E-state index contributed by atoms with van der Waals surface area (Å²) in [4.78, 5) is 59.8. The molecule has 1 aromatic heterocycles. The highest BCUT2D eigenvalue weighted by Gasteiger charge is 2.54. The van der Waals surface area contributed by atoms with Crippen LogP contribution in [0.5, 0.6) is 11.5 Å². The minimum absolute atomic E-state index is 0.0000682. The van der Waals surface area contributed by atoms with E-state index in [1.54, 1.807) is 0 Å². The first-order valence-corrected chi connectivity index (χ1v) is 13.4. The Hall–Kier alpha value is -4.57. The summed E-state index contributed by atoms with van der Waals surface area (Å²) in [5, 5.41) is 45.3. The predicted octanol–water partition coefficient (Wildman–Crippen LogP) is 1.17. The molecule has 16 heteroatoms. The molecule has 0 spiro atoms. The zero-order chi connectivity index (χ0) is 29.4. The Morgan fingerprint density at radius 3 is 2.55 bits per heavy atom. The van der Waals surface area contributed by atoms with Crippen LogP contribution in [0.1, 0.15) is 25.1 Å². The lowest BCUT2D eigenvalue weighted by Gasteiger charge is -2.49. The number of fused-ring (bicyclic) bond motifs is 1. The van der Waals surface area contributed by atoms with Gasteiger partial charge >= 0.3 is 11.9 Å². The molecule has 4 rings (SSSR count). The molecule has 0 unspecified atom stereocenters. The van der Waals surface area contributed by atoms with E-state index in [-0.39, 0.29) is 33.8 Å². The average Bonchev–Trinajstić information content (AvgIpc) is 3.32. The monoisotopic (exact) mass is 589 g/mol. The fourth-order valence-electron chi connectivity index (χ4n) is 3.62. The van der Waals surface area contributed by atoms with Crippen LogP contribution in [-0.4, -0.2) is 82.5 Å². The molecule has 3 heterocycles. The number of phenols is 2. The lowest BCUT2D eigenvalue weighted by atomic mass is 10.0. The first-order chi connectivity index (χ1) is 18.8. The van der Waals surface area contributed by atoms with E-state index in [0.717, 1.165) is 16.2 Å². The van der Waals surface area contributed by atoms with E-state index in [9.17, 15) is 39.6 Å². The van der Waals surface area contributed by atoms with Gasteiger partial charge in [-0.1, -0.05) is 23.4 Å². The van der Waals surface area contributed by atoms with Crippen molar-refractivity contribution in [3.05, 3.63) is 52.2 Å². The lowest BCUT2D eigenvalue weighted by molar-refractivity contribution is -0.161. The summed E-state index contributed by atoms with van der Waals surface area (Å²) in [7, 11) is 0. The number of thiazole rings is 1. The van der Waals surface area contributed by atoms with Crippen LogP contribution in [0.2, 0.25) is 0 Å². The van der Waals surface area contributed by atoms with Crippen LogP contribution < -0.4 is 11.1 Å². The van der Waals surface area contributed by atoms with E-state index >= 15 is 0 Å². The number of allylic oxidation sites excluding steroid dienone is 1. The molecule has 2 aliphatic rings. The molecular formula is C24H23N5O9S2. The average molecular weight is 590 g/mol. The van der Waals surface area contributed by atoms with Gasteiger partial charge in [0.1, 0.15) is 22.8 Å². The van der Waals surface area contributed by atoms with Gasteiger partial charge in [-0.15, -0.1) is 23.1 Å². The number of benzene rings is 1. The Morgan fingerprint density at radius 2 is 1.95 bits per heavy atom. The number of oxime groups is 1. The van der Waals surface area contributed by atoms with Crippen LogP contribution in [-0.2, 0) is 24.0 Å². The second-order valence-corrected chi connectivity index (χ2v) is 11.0. The standard InChI is InChI=1S/C24H23N5O9S2/c1-24(2,22(36)37)38-28-15(12-9-40-23(25)26-12)18(32)27-16-19(33)29-17(21(34)35)11(8-39-20(16)29)5-3-10-4-6-13(30)14(31)7-10/h3-7,9,16,20,30-31H,8H2,1-2H3,(H2,25,26)(H,27,32)(H,34,35)(H,36,37)/b5-3?,28-15-/t16-,20-/m1/s1. The molecule has 1 fully saturated rings. The van der Waals surface area contributed by atoms with Crippen LogP contribution in [0.15, 0.2) is 46.1 Å². The minimum atomic E-state index is -1.78. The molecule has 0 radical (unpaired) electrons. The zero-order valence-corrected chi connectivity index (χ0v) is 22.5. The Bertz CT molecular complexity index is 1500. The fraction of sp³-hybridized carbons (Fsp3) is 0.250. The topological polar surface area (TPSA) is 225 Å². The number of thioether (sulfide) groups is 1. The summed E-state index contributed by atoms with van der Waals surface area (Å²) < 4.78 is 0. The highest BCUT2D eigenvalue weighted by Crippen LogP contribution is 2.41. The van der Waals surface area contributed by atoms with E-state index in [4.69, 9.17) is 10.6 Å². The zero-order valence-electron chi connectivity index (χ0n) is 20.9. The van der Waals surface area contributed by atoms with E-state index in [1.807, 2.05) is 0 Å². The number of aromatic nitrogens is 1. The van der Waals surface area contributed by atoms with Gasteiger partial charge in [0.2, 0.25) is 5.60 Å². The Kier molecular flexibility index (Phi) is 7.75. The van der Waals surface area contributed by atoms with Crippen molar-refractivity contribution < 1.29 is 44.4 Å². The number of hydrogen-bond acceptors (Lipinski definition) is 12. The molecule has 2 aliphatic heterocycles. The number of aliphatic carboxylic acids is 2. The number of carbonyl (C=O) groups is 4. The molecule has 2 amide bonds. The third kappa shape index (κ3) is 5.57. The van der Waals surface area contributed by atoms with E-state index in [0.29, 0.717) is 11.1 Å². The number of nitrogens with two attached hydrogens (primary N) is 1. The predicted molar refractivity (Wildman–Crippen MR) is 144 cm³/mol. The molecule has 2 aromatic rings. The first-order valence-electron chi connectivity index (χ1n) is 11.4. The number of nitrogens with one attached hydrogen (secondary N) is 1. The van der Waals surface area contributed by atoms with Crippen LogP contribution in [0, 0.1) is 0 Å². The third-order valence-electron chi connectivity index (χ3n) is 5.82. The minimum Gasteiger partial charge on any atom is -0.504 e. The van der Waals surface area contributed by atoms with Gasteiger partial charge in [-0.3, -0.25) is 14.5 Å². The number of amides is 2. The number of phenolic OH excluding ortho intramolecular Hbond substituents is 2. The fourth-order valence-corrected chi connectivity index (χ4v) is 5.49. The summed E-state index contributed by atoms with van der Waals surface area (Å²) in [6, 6.07) is 2.98. The van der Waals surface area contributed by atoms with Gasteiger partial charge in [0.05, 0.1) is 0 Å². The highest BCUT2D eigenvalue weighted by atomic mass is 32.2.